The van der Waals surface area contributed by atoms with Gasteiger partial charge in [-0.1, -0.05) is 0 Å². The highest BCUT2D eigenvalue weighted by molar-refractivity contribution is 5.92. The van der Waals surface area contributed by atoms with Crippen molar-refractivity contribution in [2.45, 2.75) is 12.7 Å². The zero-order chi connectivity index (χ0) is 23.4. The molecule has 0 radical (unpaired) electrons. The summed E-state index contributed by atoms with van der Waals surface area (Å²) in [5, 5.41) is 2.65. The van der Waals surface area contributed by atoms with Gasteiger partial charge >= 0.3 is 6.18 Å². The Labute approximate surface area is 184 Å². The third-order valence-electron chi connectivity index (χ3n) is 4.60. The molecule has 4 aromatic rings. The van der Waals surface area contributed by atoms with Crippen LogP contribution in [0.25, 0.3) is 16.9 Å². The van der Waals surface area contributed by atoms with Crippen LogP contribution in [0.3, 0.4) is 0 Å². The number of hydrogen-bond acceptors (Lipinski definition) is 6. The molecular weight excluding hydrogens is 437 g/mol. The van der Waals surface area contributed by atoms with E-state index in [2.05, 4.69) is 25.3 Å². The topological polar surface area (TPSA) is 103 Å². The molecule has 166 valence electrons. The lowest BCUT2D eigenvalue weighted by atomic mass is 10.2. The molecule has 1 amide bonds. The second-order valence-corrected chi connectivity index (χ2v) is 6.85. The predicted octanol–water partition coefficient (Wildman–Crippen LogP) is 3.03. The second-order valence-electron chi connectivity index (χ2n) is 6.85. The molecule has 0 saturated heterocycles. The first-order chi connectivity index (χ1) is 15.8. The van der Waals surface area contributed by atoms with Crippen molar-refractivity contribution in [2.75, 3.05) is 0 Å². The van der Waals surface area contributed by atoms with Crippen LogP contribution in [0.2, 0.25) is 0 Å². The van der Waals surface area contributed by atoms with E-state index in [-0.39, 0.29) is 17.9 Å². The lowest BCUT2D eigenvalue weighted by Gasteiger charge is -2.10. The van der Waals surface area contributed by atoms with Crippen molar-refractivity contribution in [1.82, 2.24) is 29.8 Å². The van der Waals surface area contributed by atoms with Gasteiger partial charge in [-0.15, -0.1) is 0 Å². The van der Waals surface area contributed by atoms with Crippen molar-refractivity contribution in [2.24, 2.45) is 0 Å². The second kappa shape index (κ2) is 8.99. The molecule has 11 heteroatoms. The Morgan fingerprint density at radius 1 is 0.970 bits per heavy atom. The smallest absolute Gasteiger partial charge is 0.347 e. The first-order valence-corrected chi connectivity index (χ1v) is 9.57. The van der Waals surface area contributed by atoms with Crippen LogP contribution >= 0.6 is 0 Å². The minimum atomic E-state index is -4.62. The maximum Gasteiger partial charge on any atom is 0.433 e. The number of halogens is 3. The van der Waals surface area contributed by atoms with Gasteiger partial charge in [0.05, 0.1) is 17.6 Å². The van der Waals surface area contributed by atoms with E-state index >= 15 is 0 Å². The average Bonchev–Trinajstić information content (AvgIpc) is 2.83. The Balaban J connectivity index is 1.44. The molecule has 33 heavy (non-hydrogen) atoms. The normalized spacial score (nSPS) is 11.2. The fourth-order valence-corrected chi connectivity index (χ4v) is 2.97. The van der Waals surface area contributed by atoms with Gasteiger partial charge in [0.1, 0.15) is 11.4 Å². The number of amides is 1. The van der Waals surface area contributed by atoms with Crippen LogP contribution in [0.15, 0.2) is 78.4 Å². The summed E-state index contributed by atoms with van der Waals surface area (Å²) in [5.41, 5.74) is 0.361. The van der Waals surface area contributed by atoms with Crippen molar-refractivity contribution in [1.29, 1.82) is 0 Å². The zero-order valence-electron chi connectivity index (χ0n) is 16.8. The molecule has 8 nitrogen and oxygen atoms in total. The van der Waals surface area contributed by atoms with Crippen LogP contribution in [-0.4, -0.2) is 30.4 Å². The average molecular weight is 452 g/mol. The molecule has 0 spiro atoms. The minimum Gasteiger partial charge on any atom is -0.347 e. The number of hydrogen-bond donors (Lipinski definition) is 1. The van der Waals surface area contributed by atoms with Crippen molar-refractivity contribution in [3.8, 4) is 16.9 Å². The lowest BCUT2D eigenvalue weighted by molar-refractivity contribution is -0.141. The molecule has 1 N–H and O–H groups in total. The molecule has 0 unspecified atom stereocenters. The number of alkyl halides is 3. The summed E-state index contributed by atoms with van der Waals surface area (Å²) in [5.74, 6) is -0.450. The molecule has 0 aromatic carbocycles. The fraction of sp³-hybridized carbons (Fsp3) is 0.0909. The number of nitrogens with zero attached hydrogens (tertiary/aromatic N) is 5. The van der Waals surface area contributed by atoms with Crippen LogP contribution in [0, 0.1) is 0 Å². The van der Waals surface area contributed by atoms with E-state index in [1.807, 2.05) is 0 Å². The van der Waals surface area contributed by atoms with E-state index in [1.165, 1.54) is 30.6 Å². The van der Waals surface area contributed by atoms with Crippen LogP contribution in [0.5, 0.6) is 0 Å². The van der Waals surface area contributed by atoms with E-state index in [4.69, 9.17) is 0 Å². The largest absolute Gasteiger partial charge is 0.433 e. The van der Waals surface area contributed by atoms with Crippen LogP contribution in [0.1, 0.15) is 21.7 Å². The van der Waals surface area contributed by atoms with Gasteiger partial charge in [-0.25, -0.2) is 0 Å². The molecule has 0 fully saturated rings. The van der Waals surface area contributed by atoms with Crippen molar-refractivity contribution < 1.29 is 18.0 Å². The maximum atomic E-state index is 12.9. The number of rotatable bonds is 5. The van der Waals surface area contributed by atoms with Gasteiger partial charge in [-0.3, -0.25) is 34.1 Å². The third-order valence-corrected chi connectivity index (χ3v) is 4.60. The third kappa shape index (κ3) is 5.09. The summed E-state index contributed by atoms with van der Waals surface area (Å²) in [6.07, 6.45) is 3.89. The maximum absolute atomic E-state index is 12.9. The van der Waals surface area contributed by atoms with Gasteiger partial charge in [-0.05, 0) is 35.9 Å². The Hall–Kier alpha value is -4.41. The number of carbonyl (C=O) groups is 1. The molecule has 4 aromatic heterocycles. The molecule has 0 aliphatic rings. The SMILES string of the molecule is O=C(NCc1ccn(-c2ccnc(C(F)(F)F)c2)c(=O)c1)c1ccc(-c2cnccn2)cn1. The van der Waals surface area contributed by atoms with Crippen LogP contribution < -0.4 is 10.9 Å². The number of nitrogens with one attached hydrogen (secondary N) is 1. The number of carbonyl (C=O) groups excluding carboxylic acids is 1. The van der Waals surface area contributed by atoms with E-state index in [1.54, 1.807) is 30.7 Å². The summed E-state index contributed by atoms with van der Waals surface area (Å²) in [7, 11) is 0. The summed E-state index contributed by atoms with van der Waals surface area (Å²) >= 11 is 0. The van der Waals surface area contributed by atoms with Crippen molar-refractivity contribution in [3.05, 3.63) is 101 Å². The lowest BCUT2D eigenvalue weighted by Crippen LogP contribution is -2.25. The molecule has 0 aliphatic carbocycles. The predicted molar refractivity (Wildman–Crippen MR) is 111 cm³/mol. The minimum absolute atomic E-state index is 0.0327. The van der Waals surface area contributed by atoms with Gasteiger partial charge in [0.25, 0.3) is 11.5 Å². The van der Waals surface area contributed by atoms with Crippen molar-refractivity contribution >= 4 is 5.91 Å². The highest BCUT2D eigenvalue weighted by Gasteiger charge is 2.32. The van der Waals surface area contributed by atoms with Crippen molar-refractivity contribution in [3.63, 3.8) is 0 Å². The van der Waals surface area contributed by atoms with E-state index in [0.717, 1.165) is 16.8 Å². The van der Waals surface area contributed by atoms with Crippen LogP contribution in [0.4, 0.5) is 13.2 Å². The molecule has 4 heterocycles. The molecule has 0 bridgehead atoms. The summed E-state index contributed by atoms with van der Waals surface area (Å²) < 4.78 is 39.7. The standard InChI is InChI=1S/C22H15F3N6O2/c23-22(24,25)19-10-16(3-5-28-19)31-8-4-14(9-20(31)32)11-30-21(33)17-2-1-15(12-29-17)18-13-26-6-7-27-18/h1-10,12-13H,11H2,(H,30,33). The van der Waals surface area contributed by atoms with Gasteiger partial charge in [0.2, 0.25) is 0 Å². The molecular formula is C22H15F3N6O2. The highest BCUT2D eigenvalue weighted by atomic mass is 19.4. The van der Waals surface area contributed by atoms with E-state index < -0.39 is 23.3 Å². The van der Waals surface area contributed by atoms with Gasteiger partial charge in [0, 0.05) is 49.2 Å². The summed E-state index contributed by atoms with van der Waals surface area (Å²) in [6, 6.07) is 8.09. The molecule has 0 atom stereocenters. The molecule has 0 saturated carbocycles. The Kier molecular flexibility index (Phi) is 5.94. The molecule has 0 aliphatic heterocycles. The number of aromatic nitrogens is 5. The zero-order valence-corrected chi connectivity index (χ0v) is 16.8. The van der Waals surface area contributed by atoms with E-state index in [0.29, 0.717) is 16.8 Å². The monoisotopic (exact) mass is 452 g/mol. The first-order valence-electron chi connectivity index (χ1n) is 9.57. The number of pyridine rings is 3. The Morgan fingerprint density at radius 2 is 1.82 bits per heavy atom. The Bertz CT molecular complexity index is 1340. The van der Waals surface area contributed by atoms with Gasteiger partial charge < -0.3 is 5.32 Å². The van der Waals surface area contributed by atoms with Crippen LogP contribution in [-0.2, 0) is 12.7 Å². The van der Waals surface area contributed by atoms with E-state index in [9.17, 15) is 22.8 Å². The quantitative estimate of drug-likeness (QED) is 0.499. The summed E-state index contributed by atoms with van der Waals surface area (Å²) in [6.45, 7) is 0.0344. The van der Waals surface area contributed by atoms with Gasteiger partial charge in [-0.2, -0.15) is 13.2 Å². The Morgan fingerprint density at radius 3 is 2.48 bits per heavy atom. The fourth-order valence-electron chi connectivity index (χ4n) is 2.97. The molecule has 4 rings (SSSR count). The summed E-state index contributed by atoms with van der Waals surface area (Å²) in [4.78, 5) is 40.3. The van der Waals surface area contributed by atoms with Gasteiger partial charge in [0.15, 0.2) is 0 Å². The highest BCUT2D eigenvalue weighted by Crippen LogP contribution is 2.28. The first kappa shape index (κ1) is 21.8.